The fraction of sp³-hybridized carbons (Fsp3) is 0.571. The molecule has 0 spiro atoms. The Labute approximate surface area is 97.9 Å². The summed E-state index contributed by atoms with van der Waals surface area (Å²) in [6, 6.07) is 10.9. The minimum Gasteiger partial charge on any atom is -0.392 e. The van der Waals surface area contributed by atoms with E-state index in [4.69, 9.17) is 0 Å². The first-order chi connectivity index (χ1) is 7.68. The van der Waals surface area contributed by atoms with Crippen LogP contribution in [0.3, 0.4) is 0 Å². The molecule has 1 saturated heterocycles. The van der Waals surface area contributed by atoms with Crippen LogP contribution in [0.2, 0.25) is 0 Å². The van der Waals surface area contributed by atoms with E-state index in [0.29, 0.717) is 12.0 Å². The van der Waals surface area contributed by atoms with Crippen LogP contribution < -0.4 is 0 Å². The zero-order valence-corrected chi connectivity index (χ0v) is 10.1. The van der Waals surface area contributed by atoms with E-state index in [-0.39, 0.29) is 6.10 Å². The summed E-state index contributed by atoms with van der Waals surface area (Å²) in [5.74, 6) is 0.444. The minimum atomic E-state index is -0.167. The predicted octanol–water partition coefficient (Wildman–Crippen LogP) is 2.45. The summed E-state index contributed by atoms with van der Waals surface area (Å²) in [4.78, 5) is 2.38. The highest BCUT2D eigenvalue weighted by atomic mass is 16.3. The van der Waals surface area contributed by atoms with Crippen molar-refractivity contribution in [2.24, 2.45) is 5.92 Å². The van der Waals surface area contributed by atoms with Crippen LogP contribution in [0.1, 0.15) is 31.9 Å². The lowest BCUT2D eigenvalue weighted by molar-refractivity contribution is 0.0129. The van der Waals surface area contributed by atoms with E-state index in [1.54, 1.807) is 0 Å². The molecule has 16 heavy (non-hydrogen) atoms. The number of aliphatic hydroxyl groups is 1. The maximum Gasteiger partial charge on any atom is 0.0693 e. The zero-order valence-electron chi connectivity index (χ0n) is 10.1. The lowest BCUT2D eigenvalue weighted by Crippen LogP contribution is -2.43. The summed E-state index contributed by atoms with van der Waals surface area (Å²) in [6.07, 6.45) is 0.929. The Morgan fingerprint density at radius 3 is 2.62 bits per heavy atom. The highest BCUT2D eigenvalue weighted by molar-refractivity contribution is 5.18. The summed E-state index contributed by atoms with van der Waals surface area (Å²) in [5, 5.41) is 9.90. The summed E-state index contributed by atoms with van der Waals surface area (Å²) in [6.45, 7) is 6.25. The van der Waals surface area contributed by atoms with Crippen LogP contribution in [0.25, 0.3) is 0 Å². The highest BCUT2D eigenvalue weighted by Crippen LogP contribution is 2.26. The van der Waals surface area contributed by atoms with E-state index in [0.717, 1.165) is 19.5 Å². The molecular weight excluding hydrogens is 198 g/mol. The second kappa shape index (κ2) is 4.98. The molecule has 3 unspecified atom stereocenters. The first-order valence-corrected chi connectivity index (χ1v) is 6.15. The molecule has 1 fully saturated rings. The van der Waals surface area contributed by atoms with Crippen LogP contribution in [-0.4, -0.2) is 29.2 Å². The summed E-state index contributed by atoms with van der Waals surface area (Å²) in [5.41, 5.74) is 1.34. The van der Waals surface area contributed by atoms with Crippen LogP contribution in [0, 0.1) is 5.92 Å². The van der Waals surface area contributed by atoms with Crippen LogP contribution in [0.15, 0.2) is 30.3 Å². The Balaban J connectivity index is 2.03. The lowest BCUT2D eigenvalue weighted by Gasteiger charge is -2.38. The van der Waals surface area contributed by atoms with E-state index in [9.17, 15) is 5.11 Å². The summed E-state index contributed by atoms with van der Waals surface area (Å²) < 4.78 is 0. The predicted molar refractivity (Wildman–Crippen MR) is 66.2 cm³/mol. The molecule has 1 aliphatic rings. The number of rotatable bonds is 2. The van der Waals surface area contributed by atoms with Crippen molar-refractivity contribution in [3.8, 4) is 0 Å². The summed E-state index contributed by atoms with van der Waals surface area (Å²) >= 11 is 0. The van der Waals surface area contributed by atoms with E-state index in [1.807, 2.05) is 6.07 Å². The molecule has 1 N–H and O–H groups in total. The molecule has 0 amide bonds. The van der Waals surface area contributed by atoms with Crippen molar-refractivity contribution in [1.29, 1.82) is 0 Å². The largest absolute Gasteiger partial charge is 0.392 e. The molecule has 3 atom stereocenters. The van der Waals surface area contributed by atoms with Gasteiger partial charge in [0.05, 0.1) is 6.10 Å². The van der Waals surface area contributed by atoms with Crippen molar-refractivity contribution in [1.82, 2.24) is 4.90 Å². The number of benzene rings is 1. The molecule has 1 heterocycles. The van der Waals surface area contributed by atoms with Gasteiger partial charge in [-0.3, -0.25) is 4.90 Å². The van der Waals surface area contributed by atoms with Crippen molar-refractivity contribution >= 4 is 0 Å². The Kier molecular flexibility index (Phi) is 3.62. The van der Waals surface area contributed by atoms with E-state index < -0.39 is 0 Å². The average Bonchev–Trinajstić information content (AvgIpc) is 2.33. The average molecular weight is 219 g/mol. The molecule has 2 nitrogen and oxygen atoms in total. The van der Waals surface area contributed by atoms with Gasteiger partial charge in [-0.2, -0.15) is 0 Å². The van der Waals surface area contributed by atoms with Gasteiger partial charge in [0.1, 0.15) is 0 Å². The van der Waals surface area contributed by atoms with Crippen molar-refractivity contribution in [3.05, 3.63) is 35.9 Å². The van der Waals surface area contributed by atoms with Crippen LogP contribution >= 0.6 is 0 Å². The second-order valence-corrected chi connectivity index (χ2v) is 4.91. The smallest absolute Gasteiger partial charge is 0.0693 e. The minimum absolute atomic E-state index is 0.167. The topological polar surface area (TPSA) is 23.5 Å². The molecule has 2 heteroatoms. The lowest BCUT2D eigenvalue weighted by atomic mass is 9.94. The number of β-amino-alcohol motifs (C(OH)–C–C–N with tert-alkyl or cyclic N) is 1. The zero-order chi connectivity index (χ0) is 11.5. The fourth-order valence-electron chi connectivity index (χ4n) is 2.37. The Bertz CT molecular complexity index is 325. The van der Waals surface area contributed by atoms with Crippen LogP contribution in [0.5, 0.6) is 0 Å². The Morgan fingerprint density at radius 2 is 2.00 bits per heavy atom. The van der Waals surface area contributed by atoms with Gasteiger partial charge in [0.25, 0.3) is 0 Å². The molecule has 0 saturated carbocycles. The quantitative estimate of drug-likeness (QED) is 0.826. The standard InChI is InChI=1S/C14H21NO/c1-11-8-9-15(10-14(11)16)12(2)13-6-4-3-5-7-13/h3-7,11-12,14,16H,8-10H2,1-2H3. The first kappa shape index (κ1) is 11.6. The number of nitrogens with zero attached hydrogens (tertiary/aromatic N) is 1. The molecule has 2 rings (SSSR count). The maximum absolute atomic E-state index is 9.90. The molecule has 0 radical (unpaired) electrons. The normalized spacial score (nSPS) is 28.9. The molecular formula is C14H21NO. The van der Waals surface area contributed by atoms with Crippen molar-refractivity contribution in [3.63, 3.8) is 0 Å². The van der Waals surface area contributed by atoms with Gasteiger partial charge < -0.3 is 5.11 Å². The van der Waals surface area contributed by atoms with Gasteiger partial charge in [0, 0.05) is 12.6 Å². The number of hydrogen-bond acceptors (Lipinski definition) is 2. The second-order valence-electron chi connectivity index (χ2n) is 4.91. The molecule has 1 aromatic carbocycles. The molecule has 1 aromatic rings. The number of aliphatic hydroxyl groups excluding tert-OH is 1. The van der Waals surface area contributed by atoms with Gasteiger partial charge in [0.2, 0.25) is 0 Å². The van der Waals surface area contributed by atoms with Crippen molar-refractivity contribution in [2.75, 3.05) is 13.1 Å². The highest BCUT2D eigenvalue weighted by Gasteiger charge is 2.27. The van der Waals surface area contributed by atoms with Crippen LogP contribution in [-0.2, 0) is 0 Å². The molecule has 88 valence electrons. The monoisotopic (exact) mass is 219 g/mol. The Morgan fingerprint density at radius 1 is 1.31 bits per heavy atom. The third-order valence-electron chi connectivity index (χ3n) is 3.78. The van der Waals surface area contributed by atoms with Gasteiger partial charge in [-0.05, 0) is 31.4 Å². The number of likely N-dealkylation sites (tertiary alicyclic amines) is 1. The molecule has 0 aliphatic carbocycles. The van der Waals surface area contributed by atoms with E-state index in [1.165, 1.54) is 5.56 Å². The molecule has 0 aromatic heterocycles. The SMILES string of the molecule is CC1CCN(C(C)c2ccccc2)CC1O. The van der Waals surface area contributed by atoms with Gasteiger partial charge in [-0.15, -0.1) is 0 Å². The molecule has 0 bridgehead atoms. The first-order valence-electron chi connectivity index (χ1n) is 6.15. The van der Waals surface area contributed by atoms with Gasteiger partial charge in [-0.1, -0.05) is 37.3 Å². The number of piperidine rings is 1. The number of hydrogen-bond donors (Lipinski definition) is 1. The van der Waals surface area contributed by atoms with Crippen LogP contribution in [0.4, 0.5) is 0 Å². The van der Waals surface area contributed by atoms with Gasteiger partial charge in [-0.25, -0.2) is 0 Å². The maximum atomic E-state index is 9.90. The third-order valence-corrected chi connectivity index (χ3v) is 3.78. The van der Waals surface area contributed by atoms with Gasteiger partial charge in [0.15, 0.2) is 0 Å². The molecule has 1 aliphatic heterocycles. The van der Waals surface area contributed by atoms with E-state index >= 15 is 0 Å². The van der Waals surface area contributed by atoms with Gasteiger partial charge >= 0.3 is 0 Å². The van der Waals surface area contributed by atoms with E-state index in [2.05, 4.69) is 43.0 Å². The van der Waals surface area contributed by atoms with Crippen molar-refractivity contribution < 1.29 is 5.11 Å². The van der Waals surface area contributed by atoms with Crippen molar-refractivity contribution in [2.45, 2.75) is 32.4 Å². The third kappa shape index (κ3) is 2.45. The Hall–Kier alpha value is -0.860. The summed E-state index contributed by atoms with van der Waals surface area (Å²) in [7, 11) is 0. The fourth-order valence-corrected chi connectivity index (χ4v) is 2.37.